The van der Waals surface area contributed by atoms with Crippen molar-refractivity contribution in [1.29, 1.82) is 0 Å². The van der Waals surface area contributed by atoms with Crippen LogP contribution in [0.4, 0.5) is 4.39 Å². The van der Waals surface area contributed by atoms with Gasteiger partial charge in [0.15, 0.2) is 0 Å². The fraction of sp³-hybridized carbons (Fsp3) is 0.429. The number of rotatable bonds is 4. The third kappa shape index (κ3) is 2.74. The Morgan fingerprint density at radius 3 is 2.55 bits per heavy atom. The normalized spacial score (nSPS) is 16.9. The van der Waals surface area contributed by atoms with Gasteiger partial charge in [0.25, 0.3) is 5.91 Å². The SMILES string of the molecule is O=C(NCC1(C(=O)O)CCCC1)c1cc(F)ccc1O. The second-order valence-electron chi connectivity index (χ2n) is 5.14. The summed E-state index contributed by atoms with van der Waals surface area (Å²) >= 11 is 0. The fourth-order valence-electron chi connectivity index (χ4n) is 2.55. The molecule has 0 aromatic heterocycles. The first kappa shape index (κ1) is 14.3. The van der Waals surface area contributed by atoms with Crippen LogP contribution >= 0.6 is 0 Å². The van der Waals surface area contributed by atoms with E-state index in [1.165, 1.54) is 0 Å². The summed E-state index contributed by atoms with van der Waals surface area (Å²) in [7, 11) is 0. The number of carbonyl (C=O) groups is 2. The zero-order chi connectivity index (χ0) is 14.8. The number of aliphatic carboxylic acids is 1. The van der Waals surface area contributed by atoms with E-state index >= 15 is 0 Å². The van der Waals surface area contributed by atoms with E-state index in [1.807, 2.05) is 0 Å². The molecule has 108 valence electrons. The average molecular weight is 281 g/mol. The molecule has 0 aliphatic heterocycles. The summed E-state index contributed by atoms with van der Waals surface area (Å²) in [6.07, 6.45) is 2.65. The summed E-state index contributed by atoms with van der Waals surface area (Å²) in [5, 5.41) is 21.3. The maximum absolute atomic E-state index is 13.1. The molecule has 1 aromatic carbocycles. The predicted octanol–water partition coefficient (Wildman–Crippen LogP) is 1.91. The molecule has 0 bridgehead atoms. The zero-order valence-electron chi connectivity index (χ0n) is 10.9. The van der Waals surface area contributed by atoms with Crippen LogP contribution in [-0.4, -0.2) is 28.6 Å². The summed E-state index contributed by atoms with van der Waals surface area (Å²) in [5.41, 5.74) is -1.14. The molecule has 0 unspecified atom stereocenters. The molecule has 0 saturated heterocycles. The van der Waals surface area contributed by atoms with Crippen molar-refractivity contribution >= 4 is 11.9 Å². The van der Waals surface area contributed by atoms with Crippen LogP contribution in [0.5, 0.6) is 5.75 Å². The Hall–Kier alpha value is -2.11. The monoisotopic (exact) mass is 281 g/mol. The van der Waals surface area contributed by atoms with Crippen molar-refractivity contribution in [2.45, 2.75) is 25.7 Å². The minimum absolute atomic E-state index is 0.0167. The molecular weight excluding hydrogens is 265 g/mol. The summed E-state index contributed by atoms with van der Waals surface area (Å²) in [6.45, 7) is -0.0167. The highest BCUT2D eigenvalue weighted by Gasteiger charge is 2.41. The van der Waals surface area contributed by atoms with Gasteiger partial charge in [0.1, 0.15) is 11.6 Å². The average Bonchev–Trinajstić information content (AvgIpc) is 2.89. The molecular formula is C14H16FNO4. The molecule has 6 heteroatoms. The van der Waals surface area contributed by atoms with Gasteiger partial charge in [-0.2, -0.15) is 0 Å². The molecule has 1 fully saturated rings. The van der Waals surface area contributed by atoms with Crippen LogP contribution in [0.3, 0.4) is 0 Å². The minimum Gasteiger partial charge on any atom is -0.507 e. The summed E-state index contributed by atoms with van der Waals surface area (Å²) in [6, 6.07) is 3.06. The zero-order valence-corrected chi connectivity index (χ0v) is 10.9. The van der Waals surface area contributed by atoms with E-state index < -0.39 is 23.1 Å². The van der Waals surface area contributed by atoms with Gasteiger partial charge in [-0.1, -0.05) is 12.8 Å². The Labute approximate surface area is 115 Å². The first-order valence-electron chi connectivity index (χ1n) is 6.45. The van der Waals surface area contributed by atoms with Gasteiger partial charge in [-0.3, -0.25) is 9.59 Å². The lowest BCUT2D eigenvalue weighted by molar-refractivity contribution is -0.148. The molecule has 0 radical (unpaired) electrons. The van der Waals surface area contributed by atoms with Crippen LogP contribution in [-0.2, 0) is 4.79 Å². The van der Waals surface area contributed by atoms with E-state index in [-0.39, 0.29) is 17.9 Å². The number of amides is 1. The van der Waals surface area contributed by atoms with E-state index in [2.05, 4.69) is 5.32 Å². The molecule has 0 spiro atoms. The second-order valence-corrected chi connectivity index (χ2v) is 5.14. The van der Waals surface area contributed by atoms with E-state index in [4.69, 9.17) is 0 Å². The lowest BCUT2D eigenvalue weighted by Gasteiger charge is -2.24. The Balaban J connectivity index is 2.08. The lowest BCUT2D eigenvalue weighted by Crippen LogP contribution is -2.41. The van der Waals surface area contributed by atoms with Crippen LogP contribution < -0.4 is 5.32 Å². The van der Waals surface area contributed by atoms with Gasteiger partial charge >= 0.3 is 5.97 Å². The van der Waals surface area contributed by atoms with Gasteiger partial charge in [0.2, 0.25) is 0 Å². The molecule has 0 atom stereocenters. The molecule has 1 saturated carbocycles. The van der Waals surface area contributed by atoms with Crippen LogP contribution in [0.25, 0.3) is 0 Å². The first-order valence-corrected chi connectivity index (χ1v) is 6.45. The number of phenols is 1. The molecule has 0 heterocycles. The van der Waals surface area contributed by atoms with Crippen molar-refractivity contribution in [3.63, 3.8) is 0 Å². The van der Waals surface area contributed by atoms with E-state index in [9.17, 15) is 24.2 Å². The third-order valence-electron chi connectivity index (χ3n) is 3.80. The van der Waals surface area contributed by atoms with E-state index in [0.717, 1.165) is 31.0 Å². The predicted molar refractivity (Wildman–Crippen MR) is 68.9 cm³/mol. The van der Waals surface area contributed by atoms with Crippen LogP contribution in [0.2, 0.25) is 0 Å². The first-order chi connectivity index (χ1) is 9.44. The number of carboxylic acid groups (broad SMARTS) is 1. The molecule has 1 aromatic rings. The van der Waals surface area contributed by atoms with Crippen molar-refractivity contribution in [2.24, 2.45) is 5.41 Å². The van der Waals surface area contributed by atoms with Crippen molar-refractivity contribution in [3.05, 3.63) is 29.6 Å². The van der Waals surface area contributed by atoms with Crippen LogP contribution in [0, 0.1) is 11.2 Å². The number of phenolic OH excluding ortho intramolecular Hbond substituents is 1. The van der Waals surface area contributed by atoms with Crippen molar-refractivity contribution in [3.8, 4) is 5.75 Å². The molecule has 2 rings (SSSR count). The fourth-order valence-corrected chi connectivity index (χ4v) is 2.55. The van der Waals surface area contributed by atoms with Crippen molar-refractivity contribution < 1.29 is 24.2 Å². The minimum atomic E-state index is -0.946. The van der Waals surface area contributed by atoms with Gasteiger partial charge in [-0.15, -0.1) is 0 Å². The van der Waals surface area contributed by atoms with Crippen molar-refractivity contribution in [1.82, 2.24) is 5.32 Å². The number of carboxylic acids is 1. The summed E-state index contributed by atoms with van der Waals surface area (Å²) in [5.74, 6) is -2.57. The molecule has 1 amide bonds. The molecule has 5 nitrogen and oxygen atoms in total. The van der Waals surface area contributed by atoms with Gasteiger partial charge in [0, 0.05) is 6.54 Å². The molecule has 1 aliphatic rings. The molecule has 3 N–H and O–H groups in total. The van der Waals surface area contributed by atoms with Gasteiger partial charge in [-0.05, 0) is 31.0 Å². The van der Waals surface area contributed by atoms with Crippen LogP contribution in [0.1, 0.15) is 36.0 Å². The smallest absolute Gasteiger partial charge is 0.311 e. The lowest BCUT2D eigenvalue weighted by atomic mass is 9.86. The number of hydrogen-bond acceptors (Lipinski definition) is 3. The van der Waals surface area contributed by atoms with Gasteiger partial charge < -0.3 is 15.5 Å². The Bertz CT molecular complexity index is 538. The third-order valence-corrected chi connectivity index (χ3v) is 3.80. The van der Waals surface area contributed by atoms with Gasteiger partial charge in [-0.25, -0.2) is 4.39 Å². The molecule has 20 heavy (non-hydrogen) atoms. The summed E-state index contributed by atoms with van der Waals surface area (Å²) in [4.78, 5) is 23.2. The van der Waals surface area contributed by atoms with Gasteiger partial charge in [0.05, 0.1) is 11.0 Å². The molecule has 1 aliphatic carbocycles. The maximum atomic E-state index is 13.1. The highest BCUT2D eigenvalue weighted by atomic mass is 19.1. The number of halogens is 1. The summed E-state index contributed by atoms with van der Waals surface area (Å²) < 4.78 is 13.1. The number of carbonyl (C=O) groups excluding carboxylic acids is 1. The Morgan fingerprint density at radius 2 is 1.95 bits per heavy atom. The largest absolute Gasteiger partial charge is 0.507 e. The van der Waals surface area contributed by atoms with Crippen LogP contribution in [0.15, 0.2) is 18.2 Å². The topological polar surface area (TPSA) is 86.6 Å². The maximum Gasteiger partial charge on any atom is 0.311 e. The van der Waals surface area contributed by atoms with E-state index in [1.54, 1.807) is 0 Å². The highest BCUT2D eigenvalue weighted by molar-refractivity contribution is 5.97. The number of aromatic hydroxyl groups is 1. The number of benzene rings is 1. The Kier molecular flexibility index (Phi) is 3.92. The number of nitrogens with one attached hydrogen (secondary N) is 1. The van der Waals surface area contributed by atoms with E-state index in [0.29, 0.717) is 12.8 Å². The highest BCUT2D eigenvalue weighted by Crippen LogP contribution is 2.37. The van der Waals surface area contributed by atoms with Crippen molar-refractivity contribution in [2.75, 3.05) is 6.54 Å². The second kappa shape index (κ2) is 5.48. The quantitative estimate of drug-likeness (QED) is 0.786. The number of hydrogen-bond donors (Lipinski definition) is 3. The standard InChI is InChI=1S/C14H16FNO4/c15-9-3-4-11(17)10(7-9)12(18)16-8-14(13(19)20)5-1-2-6-14/h3-4,7,17H,1-2,5-6,8H2,(H,16,18)(H,19,20). The Morgan fingerprint density at radius 1 is 1.30 bits per heavy atom.